The van der Waals surface area contributed by atoms with E-state index in [4.69, 9.17) is 19.2 Å². The van der Waals surface area contributed by atoms with E-state index in [9.17, 15) is 48.3 Å². The molecule has 6 amide bonds. The molecule has 10 rings (SSSR count). The van der Waals surface area contributed by atoms with Crippen LogP contribution >= 0.6 is 0 Å². The summed E-state index contributed by atoms with van der Waals surface area (Å²) in [5, 5.41) is 27.5. The molecule has 21 nitrogen and oxygen atoms in total. The monoisotopic (exact) mass is 1150 g/mol. The first-order valence-electron chi connectivity index (χ1n) is 27.7. The van der Waals surface area contributed by atoms with Crippen molar-refractivity contribution in [2.45, 2.75) is 115 Å². The van der Waals surface area contributed by atoms with Crippen molar-refractivity contribution in [1.82, 2.24) is 41.5 Å². The molecule has 4 aromatic carbocycles. The predicted molar refractivity (Wildman–Crippen MR) is 302 cm³/mol. The van der Waals surface area contributed by atoms with Crippen LogP contribution in [0.15, 0.2) is 95.8 Å². The summed E-state index contributed by atoms with van der Waals surface area (Å²) >= 11 is 0. The zero-order chi connectivity index (χ0) is 59.8. The first-order valence-corrected chi connectivity index (χ1v) is 27.7. The van der Waals surface area contributed by atoms with Gasteiger partial charge >= 0.3 is 18.0 Å². The second-order valence-electron chi connectivity index (χ2n) is 22.3. The lowest BCUT2D eigenvalue weighted by Gasteiger charge is -2.31. The summed E-state index contributed by atoms with van der Waals surface area (Å²) in [5.41, 5.74) is 4.55. The van der Waals surface area contributed by atoms with Crippen LogP contribution in [0.3, 0.4) is 0 Å². The molecule has 2 aliphatic heterocycles. The SMILES string of the molecule is CC[C@@]1(O)C(=O)OCc2c1cc1n(c2=O)Cc2c-1nc1cc(F)c(C)c3c1c2[C@@H](NC(=O)CNC(=O)[C@H](Cc1ccccc1)NC(=O)CNC(=O)CNC(=O)[C@H](CC(=O)OC(C)(C)C)NC(=O)OCC1c2ccccc2-c2ccccc21)CC3. The fourth-order valence-electron chi connectivity index (χ4n) is 11.6. The number of halogens is 1. The summed E-state index contributed by atoms with van der Waals surface area (Å²) in [6.45, 7) is 5.91. The van der Waals surface area contributed by atoms with Crippen molar-refractivity contribution in [3.05, 3.63) is 157 Å². The number of carbonyl (C=O) groups excluding carboxylic acids is 8. The molecule has 0 saturated heterocycles. The lowest BCUT2D eigenvalue weighted by atomic mass is 9.81. The van der Waals surface area contributed by atoms with Gasteiger partial charge in [-0.2, -0.15) is 0 Å². The Balaban J connectivity index is 0.770. The van der Waals surface area contributed by atoms with E-state index in [1.165, 1.54) is 10.6 Å². The number of esters is 2. The van der Waals surface area contributed by atoms with Crippen LogP contribution in [0, 0.1) is 12.7 Å². The van der Waals surface area contributed by atoms with Crippen molar-refractivity contribution in [3.63, 3.8) is 0 Å². The molecule has 0 unspecified atom stereocenters. The smallest absolute Gasteiger partial charge is 0.407 e. The average Bonchev–Trinajstić information content (AvgIpc) is 1.61. The van der Waals surface area contributed by atoms with Crippen LogP contribution in [0.2, 0.25) is 0 Å². The van der Waals surface area contributed by atoms with Crippen molar-refractivity contribution < 1.29 is 62.1 Å². The molecule has 7 N–H and O–H groups in total. The molecule has 0 bridgehead atoms. The molecule has 4 atom stereocenters. The van der Waals surface area contributed by atoms with Crippen molar-refractivity contribution in [1.29, 1.82) is 0 Å². The van der Waals surface area contributed by atoms with Gasteiger partial charge < -0.3 is 55.8 Å². The van der Waals surface area contributed by atoms with Crippen LogP contribution in [0.25, 0.3) is 33.4 Å². The molecule has 22 heteroatoms. The number of aromatic nitrogens is 2. The molecule has 2 aliphatic carbocycles. The van der Waals surface area contributed by atoms with Crippen molar-refractivity contribution in [2.24, 2.45) is 0 Å². The van der Waals surface area contributed by atoms with Gasteiger partial charge in [-0.3, -0.25) is 33.6 Å². The van der Waals surface area contributed by atoms with Crippen molar-refractivity contribution >= 4 is 58.5 Å². The zero-order valence-electron chi connectivity index (χ0n) is 46.9. The number of aliphatic hydroxyl groups is 1. The summed E-state index contributed by atoms with van der Waals surface area (Å²) in [4.78, 5) is 126. The number of nitrogens with one attached hydrogen (secondary N) is 6. The number of nitrogens with zero attached hydrogens (tertiary/aromatic N) is 2. The number of ether oxygens (including phenoxy) is 3. The number of alkyl carbamates (subject to hydrolysis) is 1. The molecule has 0 spiro atoms. The molecule has 0 saturated carbocycles. The highest BCUT2D eigenvalue weighted by Gasteiger charge is 2.46. The largest absolute Gasteiger partial charge is 0.460 e. The number of rotatable bonds is 18. The van der Waals surface area contributed by atoms with E-state index < -0.39 is 114 Å². The van der Waals surface area contributed by atoms with Gasteiger partial charge in [0.05, 0.1) is 61.1 Å². The number of pyridine rings is 2. The third-order valence-corrected chi connectivity index (χ3v) is 15.7. The second kappa shape index (κ2) is 23.5. The maximum Gasteiger partial charge on any atom is 0.407 e. The fourth-order valence-corrected chi connectivity index (χ4v) is 11.6. The topological polar surface area (TPSA) is 292 Å². The molecule has 0 fully saturated rings. The van der Waals surface area contributed by atoms with E-state index in [2.05, 4.69) is 31.9 Å². The molecule has 84 heavy (non-hydrogen) atoms. The minimum absolute atomic E-state index is 0.0159. The van der Waals surface area contributed by atoms with E-state index in [1.807, 2.05) is 48.5 Å². The van der Waals surface area contributed by atoms with Crippen LogP contribution in [0.1, 0.15) is 109 Å². The Kier molecular flexibility index (Phi) is 16.2. The van der Waals surface area contributed by atoms with E-state index in [0.717, 1.165) is 22.3 Å². The Labute approximate surface area is 481 Å². The number of hydrogen-bond acceptors (Lipinski definition) is 14. The van der Waals surface area contributed by atoms with E-state index in [1.54, 1.807) is 71.0 Å². The van der Waals surface area contributed by atoms with Gasteiger partial charge in [0.1, 0.15) is 36.7 Å². The zero-order valence-corrected chi connectivity index (χ0v) is 46.9. The van der Waals surface area contributed by atoms with E-state index >= 15 is 4.39 Å². The Morgan fingerprint density at radius 3 is 2.13 bits per heavy atom. The third-order valence-electron chi connectivity index (χ3n) is 15.7. The molecular weight excluding hydrogens is 1080 g/mol. The summed E-state index contributed by atoms with van der Waals surface area (Å²) in [7, 11) is 0. The van der Waals surface area contributed by atoms with Gasteiger partial charge in [-0.25, -0.2) is 19.0 Å². The van der Waals surface area contributed by atoms with Crippen molar-refractivity contribution in [3.8, 4) is 22.5 Å². The lowest BCUT2D eigenvalue weighted by Crippen LogP contribution is -2.53. The number of hydrogen-bond donors (Lipinski definition) is 7. The highest BCUT2D eigenvalue weighted by molar-refractivity contribution is 5.96. The molecule has 2 aromatic heterocycles. The number of fused-ring (bicyclic) bond motifs is 8. The molecule has 6 aromatic rings. The normalized spacial score (nSPS) is 16.9. The number of benzene rings is 4. The number of cyclic esters (lactones) is 1. The van der Waals surface area contributed by atoms with Gasteiger partial charge in [0, 0.05) is 34.9 Å². The maximum atomic E-state index is 15.5. The van der Waals surface area contributed by atoms with Crippen molar-refractivity contribution in [2.75, 3.05) is 26.2 Å². The molecule has 0 radical (unpaired) electrons. The minimum Gasteiger partial charge on any atom is -0.460 e. The standard InChI is InChI=1S/C62H63FN8O13/c1-6-62(81)42-23-48-55-39(29-71(48)58(78)41(42)31-82-59(62)79)54-44(21-20-34-32(2)43(63)24-45(69-55)53(34)54)67-51(74)28-66-56(76)46(22-33-14-8-7-9-15-33)68-50(73)27-64-49(72)26-65-57(77)47(25-52(75)84-61(3,4)5)70-60(80)83-30-40-37-18-12-10-16-35(37)36-17-11-13-19-38(36)40/h7-19,23-24,40,44,46-47,81H,6,20-22,25-31H2,1-5H3,(H,64,72)(H,65,77)(H,66,76)(H,67,74)(H,68,73)(H,70,80)/t44-,46-,47-,62-/m0/s1. The maximum absolute atomic E-state index is 15.5. The van der Waals surface area contributed by atoms with E-state index in [0.29, 0.717) is 57.4 Å². The number of aryl methyl sites for hydroxylation is 1. The molecule has 4 heterocycles. The molecule has 4 aliphatic rings. The highest BCUT2D eigenvalue weighted by Crippen LogP contribution is 2.47. The summed E-state index contributed by atoms with van der Waals surface area (Å²) < 4.78 is 33.3. The average molecular weight is 1150 g/mol. The summed E-state index contributed by atoms with van der Waals surface area (Å²) in [5.74, 6) is -6.35. The van der Waals surface area contributed by atoms with Crippen LogP contribution < -0.4 is 37.5 Å². The Morgan fingerprint density at radius 2 is 1.45 bits per heavy atom. The number of carbonyl (C=O) groups is 8. The van der Waals surface area contributed by atoms with Crippen LogP contribution in [-0.2, 0) is 79.4 Å². The van der Waals surface area contributed by atoms with Crippen LogP contribution in [0.5, 0.6) is 0 Å². The predicted octanol–water partition coefficient (Wildman–Crippen LogP) is 4.35. The van der Waals surface area contributed by atoms with Gasteiger partial charge in [0.25, 0.3) is 5.56 Å². The number of amides is 6. The third kappa shape index (κ3) is 11.7. The van der Waals surface area contributed by atoms with Gasteiger partial charge in [-0.1, -0.05) is 85.8 Å². The van der Waals surface area contributed by atoms with Gasteiger partial charge in [-0.15, -0.1) is 0 Å². The van der Waals surface area contributed by atoms with Crippen LogP contribution in [-0.4, -0.2) is 106 Å². The molecular formula is C62H63FN8O13. The highest BCUT2D eigenvalue weighted by atomic mass is 19.1. The Hall–Kier alpha value is -9.31. The summed E-state index contributed by atoms with van der Waals surface area (Å²) in [6, 6.07) is 23.6. The first kappa shape index (κ1) is 57.9. The van der Waals surface area contributed by atoms with Crippen LogP contribution in [0.4, 0.5) is 9.18 Å². The van der Waals surface area contributed by atoms with E-state index in [-0.39, 0.29) is 55.2 Å². The van der Waals surface area contributed by atoms with Gasteiger partial charge in [0.2, 0.25) is 29.5 Å². The first-order chi connectivity index (χ1) is 40.1. The van der Waals surface area contributed by atoms with Gasteiger partial charge in [0.15, 0.2) is 5.60 Å². The molecule has 436 valence electrons. The fraction of sp³-hybridized carbons (Fsp3) is 0.355. The second-order valence-corrected chi connectivity index (χ2v) is 22.3. The Bertz CT molecular complexity index is 3720. The summed E-state index contributed by atoms with van der Waals surface area (Å²) in [6.07, 6.45) is -1.01. The van der Waals surface area contributed by atoms with Gasteiger partial charge in [-0.05, 0) is 97.5 Å². The minimum atomic E-state index is -2.08. The lowest BCUT2D eigenvalue weighted by molar-refractivity contribution is -0.172. The quantitative estimate of drug-likeness (QED) is 0.0465. The Morgan fingerprint density at radius 1 is 0.810 bits per heavy atom.